The minimum Gasteiger partial charge on any atom is -0.480 e. The topological polar surface area (TPSA) is 104 Å². The van der Waals surface area contributed by atoms with Crippen LogP contribution >= 0.6 is 11.8 Å². The van der Waals surface area contributed by atoms with Gasteiger partial charge < -0.3 is 10.4 Å². The molecule has 0 aliphatic heterocycles. The first kappa shape index (κ1) is 30.9. The molecule has 0 bridgehead atoms. The van der Waals surface area contributed by atoms with Crippen molar-refractivity contribution in [3.63, 3.8) is 0 Å². The second kappa shape index (κ2) is 13.7. The minimum absolute atomic E-state index is 0.0203. The summed E-state index contributed by atoms with van der Waals surface area (Å²) in [5, 5.41) is 12.4. The molecular formula is C33H34N2O5S2. The molecular weight excluding hydrogens is 569 g/mol. The number of carboxylic acid groups (broad SMARTS) is 1. The number of thioether (sulfide) groups is 1. The van der Waals surface area contributed by atoms with Gasteiger partial charge in [0.15, 0.2) is 0 Å². The largest absolute Gasteiger partial charge is 0.480 e. The summed E-state index contributed by atoms with van der Waals surface area (Å²) in [5.74, 6) is -1.00. The van der Waals surface area contributed by atoms with Crippen LogP contribution in [-0.2, 0) is 21.4 Å². The van der Waals surface area contributed by atoms with Crippen molar-refractivity contribution in [1.29, 1.82) is 0 Å². The summed E-state index contributed by atoms with van der Waals surface area (Å²) in [6.45, 7) is 3.85. The first-order chi connectivity index (χ1) is 20.1. The van der Waals surface area contributed by atoms with Crippen LogP contribution in [0, 0.1) is 13.8 Å². The number of sulfonamides is 1. The number of rotatable bonds is 12. The van der Waals surface area contributed by atoms with E-state index < -0.39 is 27.9 Å². The average Bonchev–Trinajstić information content (AvgIpc) is 2.98. The number of amides is 1. The van der Waals surface area contributed by atoms with Crippen molar-refractivity contribution in [2.24, 2.45) is 0 Å². The zero-order chi connectivity index (χ0) is 30.3. The molecule has 2 N–H and O–H groups in total. The Morgan fingerprint density at radius 2 is 1.55 bits per heavy atom. The van der Waals surface area contributed by atoms with Crippen molar-refractivity contribution in [2.75, 3.05) is 16.3 Å². The fraction of sp³-hybridized carbons (Fsp3) is 0.212. The summed E-state index contributed by atoms with van der Waals surface area (Å²) in [5.41, 5.74) is 4.77. The molecule has 0 saturated heterocycles. The molecule has 1 atom stereocenters. The van der Waals surface area contributed by atoms with Gasteiger partial charge in [-0.2, -0.15) is 11.8 Å². The maximum absolute atomic E-state index is 13.9. The summed E-state index contributed by atoms with van der Waals surface area (Å²) in [6.07, 6.45) is 2.18. The molecule has 0 unspecified atom stereocenters. The third-order valence-corrected chi connectivity index (χ3v) is 9.39. The van der Waals surface area contributed by atoms with Crippen molar-refractivity contribution in [3.8, 4) is 11.1 Å². The fourth-order valence-corrected chi connectivity index (χ4v) is 6.55. The lowest BCUT2D eigenvalue weighted by atomic mass is 9.93. The van der Waals surface area contributed by atoms with Gasteiger partial charge in [0.25, 0.3) is 15.9 Å². The Balaban J connectivity index is 1.78. The summed E-state index contributed by atoms with van der Waals surface area (Å²) < 4.78 is 29.2. The number of hydrogen-bond acceptors (Lipinski definition) is 5. The van der Waals surface area contributed by atoms with Crippen LogP contribution in [0.2, 0.25) is 0 Å². The molecule has 4 aromatic rings. The number of anilines is 1. The molecule has 0 aliphatic rings. The number of aryl methyl sites for hydroxylation is 2. The molecule has 0 aromatic heterocycles. The van der Waals surface area contributed by atoms with E-state index in [1.54, 1.807) is 60.7 Å². The van der Waals surface area contributed by atoms with Crippen LogP contribution < -0.4 is 9.62 Å². The van der Waals surface area contributed by atoms with Crippen molar-refractivity contribution in [3.05, 3.63) is 119 Å². The molecule has 218 valence electrons. The van der Waals surface area contributed by atoms with Gasteiger partial charge in [-0.15, -0.1) is 0 Å². The molecule has 4 aromatic carbocycles. The SMILES string of the molecule is CSCC[C@@H](NC(=O)c1ccc(CN(c2ccccc2)S(=O)(=O)c2ccc(C)cc2)cc1-c1ccccc1C)C(=O)O. The average molecular weight is 603 g/mol. The summed E-state index contributed by atoms with van der Waals surface area (Å²) >= 11 is 1.51. The van der Waals surface area contributed by atoms with Crippen LogP contribution in [0.25, 0.3) is 11.1 Å². The van der Waals surface area contributed by atoms with E-state index in [-0.39, 0.29) is 11.4 Å². The number of nitrogens with zero attached hydrogens (tertiary/aromatic N) is 1. The van der Waals surface area contributed by atoms with E-state index >= 15 is 0 Å². The minimum atomic E-state index is -3.93. The Labute approximate surface area is 251 Å². The number of nitrogens with one attached hydrogen (secondary N) is 1. The number of aliphatic carboxylic acids is 1. The van der Waals surface area contributed by atoms with Gasteiger partial charge in [-0.1, -0.05) is 66.2 Å². The van der Waals surface area contributed by atoms with Crippen LogP contribution in [0.15, 0.2) is 102 Å². The first-order valence-corrected chi connectivity index (χ1v) is 16.3. The standard InChI is InChI=1S/C33H34N2O5S2/c1-23-13-16-27(17-14-23)42(39,40)35(26-10-5-4-6-11-26)22-25-15-18-29(30(21-25)28-12-8-7-9-24(28)2)32(36)34-31(33(37)38)19-20-41-3/h4-18,21,31H,19-20,22H2,1-3H3,(H,34,36)(H,37,38)/t31-/m1/s1. The van der Waals surface area contributed by atoms with Crippen LogP contribution in [0.4, 0.5) is 5.69 Å². The molecule has 42 heavy (non-hydrogen) atoms. The third-order valence-electron chi connectivity index (χ3n) is 6.96. The number of para-hydroxylation sites is 1. The second-order valence-electron chi connectivity index (χ2n) is 10.0. The van der Waals surface area contributed by atoms with Gasteiger partial charge in [-0.25, -0.2) is 13.2 Å². The van der Waals surface area contributed by atoms with E-state index in [2.05, 4.69) is 5.32 Å². The highest BCUT2D eigenvalue weighted by atomic mass is 32.2. The Kier molecular flexibility index (Phi) is 10.1. The van der Waals surface area contributed by atoms with E-state index in [4.69, 9.17) is 0 Å². The van der Waals surface area contributed by atoms with Gasteiger partial charge in [-0.3, -0.25) is 9.10 Å². The predicted molar refractivity (Wildman–Crippen MR) is 169 cm³/mol. The van der Waals surface area contributed by atoms with E-state index in [0.717, 1.165) is 16.7 Å². The van der Waals surface area contributed by atoms with Crippen LogP contribution in [0.1, 0.15) is 33.5 Å². The highest BCUT2D eigenvalue weighted by molar-refractivity contribution is 7.98. The van der Waals surface area contributed by atoms with E-state index in [0.29, 0.717) is 34.6 Å². The summed E-state index contributed by atoms with van der Waals surface area (Å²) in [4.78, 5) is 25.5. The number of benzene rings is 4. The van der Waals surface area contributed by atoms with Crippen molar-refractivity contribution < 1.29 is 23.1 Å². The van der Waals surface area contributed by atoms with Crippen LogP contribution in [0.3, 0.4) is 0 Å². The highest BCUT2D eigenvalue weighted by Crippen LogP contribution is 2.31. The summed E-state index contributed by atoms with van der Waals surface area (Å²) in [7, 11) is -3.93. The monoisotopic (exact) mass is 602 g/mol. The molecule has 9 heteroatoms. The van der Waals surface area contributed by atoms with Gasteiger partial charge in [0.1, 0.15) is 6.04 Å². The van der Waals surface area contributed by atoms with Crippen molar-refractivity contribution in [2.45, 2.75) is 37.8 Å². The lowest BCUT2D eigenvalue weighted by Gasteiger charge is -2.25. The molecule has 0 saturated carbocycles. The van der Waals surface area contributed by atoms with Crippen molar-refractivity contribution >= 4 is 39.3 Å². The Hall–Kier alpha value is -4.08. The quantitative estimate of drug-likeness (QED) is 0.197. The Morgan fingerprint density at radius 1 is 0.881 bits per heavy atom. The Morgan fingerprint density at radius 3 is 2.19 bits per heavy atom. The predicted octanol–water partition coefficient (Wildman–Crippen LogP) is 6.30. The van der Waals surface area contributed by atoms with Crippen LogP contribution in [0.5, 0.6) is 0 Å². The second-order valence-corrected chi connectivity index (χ2v) is 12.8. The molecule has 0 radical (unpaired) electrons. The number of hydrogen-bond donors (Lipinski definition) is 2. The number of carboxylic acids is 1. The molecule has 0 fully saturated rings. The smallest absolute Gasteiger partial charge is 0.326 e. The van der Waals surface area contributed by atoms with E-state index in [1.165, 1.54) is 16.1 Å². The summed E-state index contributed by atoms with van der Waals surface area (Å²) in [6, 6.07) is 27.4. The van der Waals surface area contributed by atoms with Gasteiger partial charge in [0.2, 0.25) is 0 Å². The Bertz CT molecular complexity index is 1660. The lowest BCUT2D eigenvalue weighted by molar-refractivity contribution is -0.139. The zero-order valence-electron chi connectivity index (χ0n) is 23.8. The molecule has 7 nitrogen and oxygen atoms in total. The number of carbonyl (C=O) groups is 2. The van der Waals surface area contributed by atoms with Gasteiger partial charge in [0, 0.05) is 5.56 Å². The van der Waals surface area contributed by atoms with Gasteiger partial charge >= 0.3 is 5.97 Å². The highest BCUT2D eigenvalue weighted by Gasteiger charge is 2.27. The molecule has 0 aliphatic carbocycles. The molecule has 1 amide bonds. The molecule has 0 spiro atoms. The van der Waals surface area contributed by atoms with E-state index in [1.807, 2.05) is 56.5 Å². The third kappa shape index (κ3) is 7.21. The maximum atomic E-state index is 13.9. The maximum Gasteiger partial charge on any atom is 0.326 e. The molecule has 4 rings (SSSR count). The fourth-order valence-electron chi connectivity index (χ4n) is 4.63. The molecule has 0 heterocycles. The van der Waals surface area contributed by atoms with Gasteiger partial charge in [0.05, 0.1) is 17.1 Å². The zero-order valence-corrected chi connectivity index (χ0v) is 25.4. The first-order valence-electron chi connectivity index (χ1n) is 13.5. The van der Waals surface area contributed by atoms with Gasteiger partial charge in [-0.05, 0) is 90.9 Å². The number of carbonyl (C=O) groups excluding carboxylic acids is 1. The van der Waals surface area contributed by atoms with Crippen LogP contribution in [-0.4, -0.2) is 43.5 Å². The normalized spacial score (nSPS) is 12.0. The lowest BCUT2D eigenvalue weighted by Crippen LogP contribution is -2.41. The van der Waals surface area contributed by atoms with Crippen molar-refractivity contribution in [1.82, 2.24) is 5.32 Å². The van der Waals surface area contributed by atoms with E-state index in [9.17, 15) is 23.1 Å².